The number of fused-ring (bicyclic) bond motifs is 2. The Morgan fingerprint density at radius 1 is 1.20 bits per heavy atom. The average molecular weight is 425 g/mol. The molecule has 30 heavy (non-hydrogen) atoms. The molecule has 2 aromatic carbocycles. The Morgan fingerprint density at radius 2 is 1.97 bits per heavy atom. The molecule has 0 saturated heterocycles. The van der Waals surface area contributed by atoms with E-state index in [0.29, 0.717) is 21.8 Å². The largest absolute Gasteiger partial charge is 0.390 e. The van der Waals surface area contributed by atoms with Crippen LogP contribution in [0.1, 0.15) is 50.0 Å². The van der Waals surface area contributed by atoms with Crippen molar-refractivity contribution in [2.45, 2.75) is 56.5 Å². The summed E-state index contributed by atoms with van der Waals surface area (Å²) in [6.45, 7) is 4.22. The summed E-state index contributed by atoms with van der Waals surface area (Å²) in [6.07, 6.45) is 2.59. The van der Waals surface area contributed by atoms with Gasteiger partial charge in [-0.15, -0.1) is 0 Å². The number of nitrogens with zero attached hydrogens (tertiary/aromatic N) is 2. The molecule has 6 heteroatoms. The van der Waals surface area contributed by atoms with Gasteiger partial charge in [-0.25, -0.2) is 4.98 Å². The van der Waals surface area contributed by atoms with Crippen molar-refractivity contribution in [3.05, 3.63) is 70.0 Å². The van der Waals surface area contributed by atoms with Crippen molar-refractivity contribution in [3.8, 4) is 0 Å². The molecule has 0 radical (unpaired) electrons. The van der Waals surface area contributed by atoms with Crippen LogP contribution >= 0.6 is 11.8 Å². The summed E-state index contributed by atoms with van der Waals surface area (Å²) in [5.41, 5.74) is 3.24. The van der Waals surface area contributed by atoms with E-state index in [2.05, 4.69) is 23.2 Å². The quantitative estimate of drug-likeness (QED) is 0.446. The predicted molar refractivity (Wildman–Crippen MR) is 121 cm³/mol. The second kappa shape index (κ2) is 9.33. The van der Waals surface area contributed by atoms with Gasteiger partial charge in [0, 0.05) is 11.8 Å². The monoisotopic (exact) mass is 424 g/mol. The van der Waals surface area contributed by atoms with Crippen LogP contribution < -0.4 is 5.56 Å². The molecule has 1 heterocycles. The number of rotatable bonds is 7. The van der Waals surface area contributed by atoms with Crippen LogP contribution in [-0.2, 0) is 11.2 Å². The first-order valence-corrected chi connectivity index (χ1v) is 11.5. The molecule has 0 saturated carbocycles. The molecule has 0 bridgehead atoms. The van der Waals surface area contributed by atoms with Crippen molar-refractivity contribution in [3.63, 3.8) is 0 Å². The van der Waals surface area contributed by atoms with Crippen LogP contribution in [0.2, 0.25) is 0 Å². The number of hydrogen-bond acceptors (Lipinski definition) is 5. The van der Waals surface area contributed by atoms with Crippen molar-refractivity contribution >= 4 is 22.7 Å². The Bertz CT molecular complexity index is 1080. The van der Waals surface area contributed by atoms with Gasteiger partial charge < -0.3 is 9.84 Å². The number of hydrogen-bond donors (Lipinski definition) is 1. The van der Waals surface area contributed by atoms with Gasteiger partial charge in [0.25, 0.3) is 5.56 Å². The van der Waals surface area contributed by atoms with E-state index in [1.807, 2.05) is 44.2 Å². The first-order chi connectivity index (χ1) is 14.5. The molecule has 0 fully saturated rings. The highest BCUT2D eigenvalue weighted by Crippen LogP contribution is 2.32. The lowest BCUT2D eigenvalue weighted by Gasteiger charge is -2.26. The van der Waals surface area contributed by atoms with Gasteiger partial charge in [0.1, 0.15) is 0 Å². The number of benzene rings is 2. The molecule has 1 aliphatic rings. The second-order valence-corrected chi connectivity index (χ2v) is 9.05. The maximum absolute atomic E-state index is 12.9. The molecule has 0 spiro atoms. The summed E-state index contributed by atoms with van der Waals surface area (Å²) in [6, 6.07) is 15.8. The fraction of sp³-hybridized carbons (Fsp3) is 0.417. The lowest BCUT2D eigenvalue weighted by atomic mass is 9.89. The number of thioether (sulfide) groups is 1. The minimum absolute atomic E-state index is 0.00996. The maximum atomic E-state index is 12.9. The highest BCUT2D eigenvalue weighted by Gasteiger charge is 2.22. The van der Waals surface area contributed by atoms with E-state index in [-0.39, 0.29) is 24.3 Å². The molecule has 158 valence electrons. The number of ether oxygens (including phenoxy) is 1. The van der Waals surface area contributed by atoms with E-state index in [9.17, 15) is 9.90 Å². The average Bonchev–Trinajstić information content (AvgIpc) is 2.76. The van der Waals surface area contributed by atoms with Crippen LogP contribution in [0.3, 0.4) is 0 Å². The smallest absolute Gasteiger partial charge is 0.262 e. The first kappa shape index (κ1) is 21.1. The molecular formula is C24H28N2O3S. The number of para-hydroxylation sites is 1. The van der Waals surface area contributed by atoms with E-state index >= 15 is 0 Å². The van der Waals surface area contributed by atoms with Gasteiger partial charge >= 0.3 is 0 Å². The fourth-order valence-corrected chi connectivity index (χ4v) is 5.04. The van der Waals surface area contributed by atoms with Crippen molar-refractivity contribution < 1.29 is 9.84 Å². The van der Waals surface area contributed by atoms with Crippen LogP contribution in [0.15, 0.2) is 58.5 Å². The van der Waals surface area contributed by atoms with Gasteiger partial charge in [-0.1, -0.05) is 48.2 Å². The van der Waals surface area contributed by atoms with Gasteiger partial charge in [-0.2, -0.15) is 0 Å². The summed E-state index contributed by atoms with van der Waals surface area (Å²) in [5, 5.41) is 11.8. The summed E-state index contributed by atoms with van der Waals surface area (Å²) in [7, 11) is 0. The van der Waals surface area contributed by atoms with Crippen LogP contribution in [0.25, 0.3) is 10.9 Å². The summed E-state index contributed by atoms with van der Waals surface area (Å²) in [5.74, 6) is 0.422. The zero-order chi connectivity index (χ0) is 21.1. The Morgan fingerprint density at radius 3 is 2.80 bits per heavy atom. The van der Waals surface area contributed by atoms with E-state index in [0.717, 1.165) is 19.3 Å². The molecule has 5 nitrogen and oxygen atoms in total. The molecule has 0 aliphatic heterocycles. The molecular weight excluding hydrogens is 396 g/mol. The Balaban J connectivity index is 1.43. The SMILES string of the molecule is CC(C)n1c(SC[C@H](O)CO[C@H]2CCCc3ccccc32)nc2ccccc2c1=O. The van der Waals surface area contributed by atoms with Crippen molar-refractivity contribution in [1.29, 1.82) is 0 Å². The molecule has 0 amide bonds. The molecule has 3 aromatic rings. The van der Waals surface area contributed by atoms with Crippen LogP contribution in [0.5, 0.6) is 0 Å². The fourth-order valence-electron chi connectivity index (χ4n) is 4.01. The summed E-state index contributed by atoms with van der Waals surface area (Å²) >= 11 is 1.41. The van der Waals surface area contributed by atoms with Crippen LogP contribution in [-0.4, -0.2) is 33.1 Å². The Labute approximate surface area is 181 Å². The zero-order valence-electron chi connectivity index (χ0n) is 17.5. The minimum Gasteiger partial charge on any atom is -0.390 e. The van der Waals surface area contributed by atoms with Gasteiger partial charge in [0.2, 0.25) is 0 Å². The van der Waals surface area contributed by atoms with Crippen LogP contribution in [0.4, 0.5) is 0 Å². The molecule has 1 aliphatic carbocycles. The lowest BCUT2D eigenvalue weighted by Crippen LogP contribution is -2.26. The first-order valence-electron chi connectivity index (χ1n) is 10.6. The van der Waals surface area contributed by atoms with Crippen molar-refractivity contribution in [2.24, 2.45) is 0 Å². The van der Waals surface area contributed by atoms with Gasteiger partial charge in [-0.3, -0.25) is 9.36 Å². The summed E-state index contributed by atoms with van der Waals surface area (Å²) < 4.78 is 7.79. The third kappa shape index (κ3) is 4.46. The molecule has 2 atom stereocenters. The lowest BCUT2D eigenvalue weighted by molar-refractivity contribution is -0.00961. The Hall–Kier alpha value is -2.15. The minimum atomic E-state index is -0.631. The summed E-state index contributed by atoms with van der Waals surface area (Å²) in [4.78, 5) is 17.6. The number of aliphatic hydroxyl groups is 1. The molecule has 0 unspecified atom stereocenters. The van der Waals surface area contributed by atoms with E-state index in [1.54, 1.807) is 4.57 Å². The van der Waals surface area contributed by atoms with Crippen molar-refractivity contribution in [1.82, 2.24) is 9.55 Å². The molecule has 1 aromatic heterocycles. The maximum Gasteiger partial charge on any atom is 0.262 e. The van der Waals surface area contributed by atoms with Crippen LogP contribution in [0, 0.1) is 0 Å². The van der Waals surface area contributed by atoms with E-state index in [4.69, 9.17) is 4.74 Å². The van der Waals surface area contributed by atoms with Gasteiger partial charge in [-0.05, 0) is 56.4 Å². The third-order valence-corrected chi connectivity index (χ3v) is 6.60. The highest BCUT2D eigenvalue weighted by atomic mass is 32.2. The van der Waals surface area contributed by atoms with E-state index < -0.39 is 6.10 Å². The predicted octanol–water partition coefficient (Wildman–Crippen LogP) is 4.52. The van der Waals surface area contributed by atoms with Gasteiger partial charge in [0.15, 0.2) is 5.16 Å². The molecule has 4 rings (SSSR count). The second-order valence-electron chi connectivity index (χ2n) is 8.06. The third-order valence-electron chi connectivity index (χ3n) is 5.50. The Kier molecular flexibility index (Phi) is 6.56. The standard InChI is InChI=1S/C24H28N2O3S/c1-16(2)26-23(28)20-11-5-6-12-21(20)25-24(26)30-15-18(27)14-29-22-13-7-9-17-8-3-4-10-19(17)22/h3-6,8,10-12,16,18,22,27H,7,9,13-15H2,1-2H3/t18-,22+/m1/s1. The van der Waals surface area contributed by atoms with Gasteiger partial charge in [0.05, 0.1) is 29.7 Å². The normalized spacial score (nSPS) is 17.3. The number of aryl methyl sites for hydroxylation is 1. The topological polar surface area (TPSA) is 64.3 Å². The molecule has 1 N–H and O–H groups in total. The zero-order valence-corrected chi connectivity index (χ0v) is 18.3. The van der Waals surface area contributed by atoms with E-state index in [1.165, 1.54) is 22.9 Å². The number of aliphatic hydroxyl groups excluding tert-OH is 1. The highest BCUT2D eigenvalue weighted by molar-refractivity contribution is 7.99. The number of aromatic nitrogens is 2. The van der Waals surface area contributed by atoms with Crippen molar-refractivity contribution in [2.75, 3.05) is 12.4 Å².